The van der Waals surface area contributed by atoms with Gasteiger partial charge in [-0.2, -0.15) is 0 Å². The van der Waals surface area contributed by atoms with Crippen LogP contribution in [0.15, 0.2) is 35.4 Å². The first-order valence-electron chi connectivity index (χ1n) is 6.34. The van der Waals surface area contributed by atoms with Crippen LogP contribution in [-0.2, 0) is 10.0 Å². The van der Waals surface area contributed by atoms with Crippen LogP contribution >= 0.6 is 0 Å². The molecule has 1 aromatic heterocycles. The minimum absolute atomic E-state index is 0. The zero-order chi connectivity index (χ0) is 17.6. The molecule has 2 aromatic carbocycles. The number of aromatic amines is 1. The summed E-state index contributed by atoms with van der Waals surface area (Å²) >= 11 is 0. The molecule has 24 heavy (non-hydrogen) atoms. The molecule has 128 valence electrons. The molecule has 0 atom stereocenters. The van der Waals surface area contributed by atoms with Crippen LogP contribution in [0.1, 0.15) is 1.43 Å². The van der Waals surface area contributed by atoms with Gasteiger partial charge in [0.25, 0.3) is 10.0 Å². The van der Waals surface area contributed by atoms with E-state index in [1.165, 1.54) is 18.2 Å². The highest BCUT2D eigenvalue weighted by atomic mass is 32.2. The van der Waals surface area contributed by atoms with Gasteiger partial charge in [-0.05, 0) is 24.3 Å². The lowest BCUT2D eigenvalue weighted by Gasteiger charge is -2.11. The fourth-order valence-corrected chi connectivity index (χ4v) is 3.33. The SMILES string of the molecule is O=S(=O)(Nc1ccc2[nH]ccc2c1)c1c(F)c(F)c(F)c(F)c1F.[HH]. The van der Waals surface area contributed by atoms with Crippen LogP contribution in [0.5, 0.6) is 0 Å². The summed E-state index contributed by atoms with van der Waals surface area (Å²) in [5, 5.41) is 0.576. The van der Waals surface area contributed by atoms with Crippen molar-refractivity contribution in [3.8, 4) is 0 Å². The number of hydrogen-bond donors (Lipinski definition) is 2. The number of rotatable bonds is 3. The molecule has 10 heteroatoms. The molecular formula is C14H9F5N2O2S. The lowest BCUT2D eigenvalue weighted by molar-refractivity contribution is 0.358. The summed E-state index contributed by atoms with van der Waals surface area (Å²) in [6, 6.07) is 5.68. The van der Waals surface area contributed by atoms with Gasteiger partial charge in [0.05, 0.1) is 0 Å². The van der Waals surface area contributed by atoms with E-state index in [9.17, 15) is 30.4 Å². The van der Waals surface area contributed by atoms with Gasteiger partial charge < -0.3 is 4.98 Å². The Balaban J connectivity index is 0.00000225. The number of fused-ring (bicyclic) bond motifs is 1. The van der Waals surface area contributed by atoms with E-state index in [2.05, 4.69) is 4.98 Å². The number of benzene rings is 2. The molecule has 4 nitrogen and oxygen atoms in total. The topological polar surface area (TPSA) is 62.0 Å². The zero-order valence-electron chi connectivity index (χ0n) is 11.5. The van der Waals surface area contributed by atoms with Crippen molar-refractivity contribution in [3.63, 3.8) is 0 Å². The average Bonchev–Trinajstić information content (AvgIpc) is 2.98. The summed E-state index contributed by atoms with van der Waals surface area (Å²) in [5.74, 6) is -12.0. The zero-order valence-corrected chi connectivity index (χ0v) is 12.3. The maximum Gasteiger partial charge on any atom is 0.267 e. The largest absolute Gasteiger partial charge is 0.361 e. The molecule has 2 N–H and O–H groups in total. The van der Waals surface area contributed by atoms with Crippen molar-refractivity contribution in [2.24, 2.45) is 0 Å². The predicted molar refractivity (Wildman–Crippen MR) is 77.5 cm³/mol. The van der Waals surface area contributed by atoms with Gasteiger partial charge in [-0.1, -0.05) is 0 Å². The van der Waals surface area contributed by atoms with Crippen LogP contribution in [-0.4, -0.2) is 13.4 Å². The number of anilines is 1. The first kappa shape index (κ1) is 16.2. The number of nitrogens with one attached hydrogen (secondary N) is 2. The van der Waals surface area contributed by atoms with Gasteiger partial charge in [-0.3, -0.25) is 4.72 Å². The Morgan fingerprint density at radius 1 is 0.875 bits per heavy atom. The molecule has 0 amide bonds. The van der Waals surface area contributed by atoms with E-state index < -0.39 is 44.0 Å². The second-order valence-electron chi connectivity index (χ2n) is 4.78. The third-order valence-corrected chi connectivity index (χ3v) is 4.64. The highest BCUT2D eigenvalue weighted by Gasteiger charge is 2.33. The van der Waals surface area contributed by atoms with Gasteiger partial charge in [-0.25, -0.2) is 30.4 Å². The van der Waals surface area contributed by atoms with Crippen molar-refractivity contribution in [2.45, 2.75) is 4.90 Å². The molecular weight excluding hydrogens is 355 g/mol. The van der Waals surface area contributed by atoms with Crippen LogP contribution in [0.4, 0.5) is 27.6 Å². The molecule has 0 spiro atoms. The van der Waals surface area contributed by atoms with Crippen LogP contribution in [0, 0.1) is 29.1 Å². The van der Waals surface area contributed by atoms with Crippen molar-refractivity contribution in [1.29, 1.82) is 0 Å². The molecule has 0 aliphatic carbocycles. The van der Waals surface area contributed by atoms with Gasteiger partial charge in [0.2, 0.25) is 5.82 Å². The van der Waals surface area contributed by atoms with E-state index in [4.69, 9.17) is 0 Å². The first-order chi connectivity index (χ1) is 11.2. The third-order valence-electron chi connectivity index (χ3n) is 3.24. The van der Waals surface area contributed by atoms with Crippen molar-refractivity contribution < 1.29 is 31.8 Å². The van der Waals surface area contributed by atoms with Gasteiger partial charge >= 0.3 is 0 Å². The maximum atomic E-state index is 13.7. The lowest BCUT2D eigenvalue weighted by atomic mass is 10.2. The Hall–Kier alpha value is -2.62. The Bertz CT molecular complexity index is 1040. The third kappa shape index (κ3) is 2.48. The summed E-state index contributed by atoms with van der Waals surface area (Å²) < 4.78 is 92.6. The lowest BCUT2D eigenvalue weighted by Crippen LogP contribution is -2.19. The van der Waals surface area contributed by atoms with Crippen LogP contribution in [0.3, 0.4) is 0 Å². The molecule has 3 rings (SSSR count). The Morgan fingerprint density at radius 2 is 1.46 bits per heavy atom. The minimum atomic E-state index is -5.05. The fraction of sp³-hybridized carbons (Fsp3) is 0. The van der Waals surface area contributed by atoms with E-state index >= 15 is 0 Å². The monoisotopic (exact) mass is 364 g/mol. The van der Waals surface area contributed by atoms with Gasteiger partial charge in [0.15, 0.2) is 28.2 Å². The standard InChI is InChI=1S/C14H7F5N2O2S.H2/c15-9-10(16)12(18)14(13(19)11(9)17)24(22,23)21-7-1-2-8-6(5-7)3-4-20-8;/h1-5,20-21H;1H. The van der Waals surface area contributed by atoms with Crippen molar-refractivity contribution in [3.05, 3.63) is 59.5 Å². The van der Waals surface area contributed by atoms with Crippen molar-refractivity contribution >= 4 is 26.6 Å². The molecule has 0 aliphatic heterocycles. The summed E-state index contributed by atoms with van der Waals surface area (Å²) in [7, 11) is -5.05. The number of H-pyrrole nitrogens is 1. The van der Waals surface area contributed by atoms with E-state index in [1.54, 1.807) is 17.0 Å². The van der Waals surface area contributed by atoms with E-state index in [-0.39, 0.29) is 7.11 Å². The van der Waals surface area contributed by atoms with Gasteiger partial charge in [0.1, 0.15) is 0 Å². The molecule has 1 heterocycles. The van der Waals surface area contributed by atoms with Crippen LogP contribution in [0.2, 0.25) is 0 Å². The molecule has 0 bridgehead atoms. The summed E-state index contributed by atoms with van der Waals surface area (Å²) in [4.78, 5) is 0.906. The molecule has 0 saturated heterocycles. The normalized spacial score (nSPS) is 11.9. The number of hydrogen-bond acceptors (Lipinski definition) is 2. The van der Waals surface area contributed by atoms with Gasteiger partial charge in [-0.15, -0.1) is 0 Å². The smallest absolute Gasteiger partial charge is 0.267 e. The molecule has 0 unspecified atom stereocenters. The van der Waals surface area contributed by atoms with Crippen molar-refractivity contribution in [1.82, 2.24) is 4.98 Å². The minimum Gasteiger partial charge on any atom is -0.361 e. The van der Waals surface area contributed by atoms with Crippen LogP contribution in [0.25, 0.3) is 10.9 Å². The van der Waals surface area contributed by atoms with Crippen molar-refractivity contribution in [2.75, 3.05) is 4.72 Å². The highest BCUT2D eigenvalue weighted by Crippen LogP contribution is 2.28. The Kier molecular flexibility index (Phi) is 3.71. The van der Waals surface area contributed by atoms with Gasteiger partial charge in [0, 0.05) is 24.2 Å². The molecule has 0 saturated carbocycles. The molecule has 3 aromatic rings. The average molecular weight is 364 g/mol. The summed E-state index contributed by atoms with van der Waals surface area (Å²) in [6.45, 7) is 0. The molecule has 0 fully saturated rings. The number of aromatic nitrogens is 1. The second kappa shape index (κ2) is 5.48. The summed E-state index contributed by atoms with van der Waals surface area (Å²) in [5.41, 5.74) is 0.556. The molecule has 0 radical (unpaired) electrons. The quantitative estimate of drug-likeness (QED) is 0.421. The Morgan fingerprint density at radius 3 is 2.08 bits per heavy atom. The van der Waals surface area contributed by atoms with E-state index in [0.29, 0.717) is 10.9 Å². The Labute approximate surface area is 133 Å². The molecule has 0 aliphatic rings. The number of halogens is 5. The fourth-order valence-electron chi connectivity index (χ4n) is 2.14. The number of sulfonamides is 1. The van der Waals surface area contributed by atoms with E-state index in [0.717, 1.165) is 0 Å². The summed E-state index contributed by atoms with van der Waals surface area (Å²) in [6.07, 6.45) is 1.58. The predicted octanol–water partition coefficient (Wildman–Crippen LogP) is 3.91. The second-order valence-corrected chi connectivity index (χ2v) is 6.40. The maximum absolute atomic E-state index is 13.7. The first-order valence-corrected chi connectivity index (χ1v) is 7.82. The van der Waals surface area contributed by atoms with E-state index in [1.807, 2.05) is 0 Å². The highest BCUT2D eigenvalue weighted by molar-refractivity contribution is 7.92. The van der Waals surface area contributed by atoms with Crippen LogP contribution < -0.4 is 4.72 Å².